The fourth-order valence-corrected chi connectivity index (χ4v) is 1.50. The lowest BCUT2D eigenvalue weighted by molar-refractivity contribution is 1.63. The molecule has 0 aliphatic rings. The number of nitrogens with two attached hydrogens (primary N) is 1. The zero-order valence-electron chi connectivity index (χ0n) is 8.73. The van der Waals surface area contributed by atoms with E-state index in [9.17, 15) is 0 Å². The Morgan fingerprint density at radius 1 is 0.750 bits per heavy atom. The summed E-state index contributed by atoms with van der Waals surface area (Å²) in [4.78, 5) is 0. The van der Waals surface area contributed by atoms with E-state index in [0.29, 0.717) is 0 Å². The predicted molar refractivity (Wildman–Crippen MR) is 71.2 cm³/mol. The topological polar surface area (TPSA) is 26.0 Å². The standard InChI is InChI=1S/C14H12ClN/c15-13-7-3-11(4-8-13)1-2-12-5-9-14(16)10-6-12/h1-10H,16H2/b2-1-. The van der Waals surface area contributed by atoms with Gasteiger partial charge in [-0.1, -0.05) is 48.0 Å². The number of hydrogen-bond donors (Lipinski definition) is 1. The molecule has 0 saturated carbocycles. The molecular weight excluding hydrogens is 218 g/mol. The summed E-state index contributed by atoms with van der Waals surface area (Å²) in [5, 5.41) is 0.754. The maximum absolute atomic E-state index is 5.81. The summed E-state index contributed by atoms with van der Waals surface area (Å²) < 4.78 is 0. The van der Waals surface area contributed by atoms with Crippen LogP contribution in [0.25, 0.3) is 12.2 Å². The zero-order valence-corrected chi connectivity index (χ0v) is 9.48. The third-order valence-electron chi connectivity index (χ3n) is 2.27. The Hall–Kier alpha value is -1.73. The molecule has 1 nitrogen and oxygen atoms in total. The van der Waals surface area contributed by atoms with E-state index >= 15 is 0 Å². The fourth-order valence-electron chi connectivity index (χ4n) is 1.37. The van der Waals surface area contributed by atoms with E-state index in [1.807, 2.05) is 60.7 Å². The van der Waals surface area contributed by atoms with E-state index in [1.165, 1.54) is 0 Å². The summed E-state index contributed by atoms with van der Waals surface area (Å²) in [6.45, 7) is 0. The van der Waals surface area contributed by atoms with E-state index in [4.69, 9.17) is 17.3 Å². The molecule has 0 unspecified atom stereocenters. The largest absolute Gasteiger partial charge is 0.399 e. The van der Waals surface area contributed by atoms with Crippen molar-refractivity contribution in [3.63, 3.8) is 0 Å². The van der Waals surface area contributed by atoms with Crippen molar-refractivity contribution in [1.29, 1.82) is 0 Å². The van der Waals surface area contributed by atoms with Crippen LogP contribution in [0.3, 0.4) is 0 Å². The van der Waals surface area contributed by atoms with Gasteiger partial charge in [0.25, 0.3) is 0 Å². The highest BCUT2D eigenvalue weighted by atomic mass is 35.5. The van der Waals surface area contributed by atoms with E-state index in [2.05, 4.69) is 0 Å². The second kappa shape index (κ2) is 4.86. The van der Waals surface area contributed by atoms with Crippen molar-refractivity contribution in [3.05, 3.63) is 64.7 Å². The van der Waals surface area contributed by atoms with E-state index in [-0.39, 0.29) is 0 Å². The molecule has 0 aromatic heterocycles. The van der Waals surface area contributed by atoms with Crippen molar-refractivity contribution in [1.82, 2.24) is 0 Å². The molecule has 2 aromatic rings. The van der Waals surface area contributed by atoms with Gasteiger partial charge in [-0.05, 0) is 35.4 Å². The predicted octanol–water partition coefficient (Wildman–Crippen LogP) is 4.09. The van der Waals surface area contributed by atoms with Crippen LogP contribution in [0.4, 0.5) is 5.69 Å². The van der Waals surface area contributed by atoms with Crippen molar-refractivity contribution in [2.45, 2.75) is 0 Å². The van der Waals surface area contributed by atoms with Gasteiger partial charge in [-0.2, -0.15) is 0 Å². The summed E-state index contributed by atoms with van der Waals surface area (Å²) in [6, 6.07) is 15.5. The summed E-state index contributed by atoms with van der Waals surface area (Å²) in [5.74, 6) is 0. The third kappa shape index (κ3) is 2.88. The number of anilines is 1. The van der Waals surface area contributed by atoms with Crippen LogP contribution in [0, 0.1) is 0 Å². The highest BCUT2D eigenvalue weighted by Gasteiger charge is 1.89. The SMILES string of the molecule is Nc1ccc(/C=C\c2ccc(Cl)cc2)cc1. The van der Waals surface area contributed by atoms with Crippen LogP contribution in [-0.4, -0.2) is 0 Å². The van der Waals surface area contributed by atoms with Crippen LogP contribution in [0.2, 0.25) is 5.02 Å². The highest BCUT2D eigenvalue weighted by Crippen LogP contribution is 2.13. The molecule has 2 heteroatoms. The Balaban J connectivity index is 2.15. The van der Waals surface area contributed by atoms with Gasteiger partial charge in [0.05, 0.1) is 0 Å². The molecular formula is C14H12ClN. The first-order chi connectivity index (χ1) is 7.74. The van der Waals surface area contributed by atoms with Crippen molar-refractivity contribution >= 4 is 29.4 Å². The maximum atomic E-state index is 5.81. The van der Waals surface area contributed by atoms with Crippen molar-refractivity contribution in [2.75, 3.05) is 5.73 Å². The molecule has 0 aliphatic heterocycles. The number of nitrogen functional groups attached to an aromatic ring is 1. The van der Waals surface area contributed by atoms with Crippen LogP contribution < -0.4 is 5.73 Å². The van der Waals surface area contributed by atoms with Gasteiger partial charge in [0, 0.05) is 10.7 Å². The summed E-state index contributed by atoms with van der Waals surface area (Å²) in [7, 11) is 0. The van der Waals surface area contributed by atoms with E-state index < -0.39 is 0 Å². The minimum atomic E-state index is 0.754. The second-order valence-corrected chi connectivity index (χ2v) is 3.99. The number of benzene rings is 2. The molecule has 0 fully saturated rings. The van der Waals surface area contributed by atoms with E-state index in [0.717, 1.165) is 21.8 Å². The van der Waals surface area contributed by atoms with Gasteiger partial charge >= 0.3 is 0 Å². The first-order valence-electron chi connectivity index (χ1n) is 5.03. The molecule has 0 bridgehead atoms. The average molecular weight is 230 g/mol. The normalized spacial score (nSPS) is 10.8. The molecule has 0 heterocycles. The first-order valence-corrected chi connectivity index (χ1v) is 5.41. The summed E-state index contributed by atoms with van der Waals surface area (Å²) in [5.41, 5.74) is 8.65. The van der Waals surface area contributed by atoms with Gasteiger partial charge in [-0.15, -0.1) is 0 Å². The van der Waals surface area contributed by atoms with Crippen LogP contribution in [0.1, 0.15) is 11.1 Å². The molecule has 0 aliphatic carbocycles. The molecule has 2 N–H and O–H groups in total. The van der Waals surface area contributed by atoms with Crippen molar-refractivity contribution in [2.24, 2.45) is 0 Å². The molecule has 0 radical (unpaired) electrons. The summed E-state index contributed by atoms with van der Waals surface area (Å²) >= 11 is 5.81. The number of halogens is 1. The van der Waals surface area contributed by atoms with Gasteiger partial charge in [0.15, 0.2) is 0 Å². The lowest BCUT2D eigenvalue weighted by Crippen LogP contribution is -1.82. The number of rotatable bonds is 2. The highest BCUT2D eigenvalue weighted by molar-refractivity contribution is 6.30. The van der Waals surface area contributed by atoms with E-state index in [1.54, 1.807) is 0 Å². The van der Waals surface area contributed by atoms with Gasteiger partial charge in [-0.25, -0.2) is 0 Å². The molecule has 0 amide bonds. The molecule has 0 atom stereocenters. The van der Waals surface area contributed by atoms with Gasteiger partial charge in [0.2, 0.25) is 0 Å². The molecule has 80 valence electrons. The first kappa shape index (κ1) is 10.8. The zero-order chi connectivity index (χ0) is 11.4. The molecule has 2 aromatic carbocycles. The van der Waals surface area contributed by atoms with Crippen LogP contribution in [-0.2, 0) is 0 Å². The number of hydrogen-bond acceptors (Lipinski definition) is 1. The van der Waals surface area contributed by atoms with Gasteiger partial charge in [-0.3, -0.25) is 0 Å². The van der Waals surface area contributed by atoms with Crippen molar-refractivity contribution < 1.29 is 0 Å². The minimum Gasteiger partial charge on any atom is -0.399 e. The van der Waals surface area contributed by atoms with Gasteiger partial charge < -0.3 is 5.73 Å². The quantitative estimate of drug-likeness (QED) is 0.609. The lowest BCUT2D eigenvalue weighted by Gasteiger charge is -1.96. The molecule has 0 saturated heterocycles. The Labute approximate surface area is 100 Å². The lowest BCUT2D eigenvalue weighted by atomic mass is 10.1. The molecule has 2 rings (SSSR count). The third-order valence-corrected chi connectivity index (χ3v) is 2.53. The smallest absolute Gasteiger partial charge is 0.0406 e. The Morgan fingerprint density at radius 2 is 1.19 bits per heavy atom. The molecule has 0 spiro atoms. The molecule has 16 heavy (non-hydrogen) atoms. The minimum absolute atomic E-state index is 0.754. The second-order valence-electron chi connectivity index (χ2n) is 3.55. The van der Waals surface area contributed by atoms with Gasteiger partial charge in [0.1, 0.15) is 0 Å². The van der Waals surface area contributed by atoms with Crippen LogP contribution in [0.5, 0.6) is 0 Å². The monoisotopic (exact) mass is 229 g/mol. The van der Waals surface area contributed by atoms with Crippen molar-refractivity contribution in [3.8, 4) is 0 Å². The van der Waals surface area contributed by atoms with Crippen LogP contribution >= 0.6 is 11.6 Å². The van der Waals surface area contributed by atoms with Crippen LogP contribution in [0.15, 0.2) is 48.5 Å². The Morgan fingerprint density at radius 3 is 1.69 bits per heavy atom. The summed E-state index contributed by atoms with van der Waals surface area (Å²) in [6.07, 6.45) is 4.09. The fraction of sp³-hybridized carbons (Fsp3) is 0. The Bertz CT molecular complexity index is 436. The average Bonchev–Trinajstić information content (AvgIpc) is 2.30. The Kier molecular flexibility index (Phi) is 3.28. The maximum Gasteiger partial charge on any atom is 0.0406 e.